The second-order valence-corrected chi connectivity index (χ2v) is 6.80. The van der Waals surface area contributed by atoms with E-state index >= 15 is 0 Å². The Bertz CT molecular complexity index is 779. The number of phenolic OH excluding ortho intramolecular Hbond substituents is 1. The fourth-order valence-corrected chi connectivity index (χ4v) is 4.92. The predicted octanol–water partition coefficient (Wildman–Crippen LogP) is 4.68. The third-order valence-corrected chi connectivity index (χ3v) is 5.88. The van der Waals surface area contributed by atoms with Crippen molar-refractivity contribution in [3.8, 4) is 5.75 Å². The number of hydrogen-bond acceptors (Lipinski definition) is 4. The Morgan fingerprint density at radius 2 is 1.95 bits per heavy atom. The number of para-hydroxylation sites is 1. The summed E-state index contributed by atoms with van der Waals surface area (Å²) in [7, 11) is 0. The first kappa shape index (κ1) is 11.2. The third-order valence-electron chi connectivity index (χ3n) is 3.31. The Balaban J connectivity index is 1.94. The van der Waals surface area contributed by atoms with Crippen molar-refractivity contribution in [3.63, 3.8) is 0 Å². The molecule has 1 aliphatic heterocycles. The lowest BCUT2D eigenvalue weighted by atomic mass is 10.1. The quantitative estimate of drug-likeness (QED) is 0.629. The molecule has 0 saturated heterocycles. The van der Waals surface area contributed by atoms with Gasteiger partial charge in [-0.3, -0.25) is 0 Å². The zero-order valence-corrected chi connectivity index (χ0v) is 11.6. The number of benzene rings is 2. The molecule has 19 heavy (non-hydrogen) atoms. The molecule has 0 bridgehead atoms. The van der Waals surface area contributed by atoms with Crippen LogP contribution < -0.4 is 5.32 Å². The molecule has 0 unspecified atom stereocenters. The van der Waals surface area contributed by atoms with Gasteiger partial charge in [0.15, 0.2) is 0 Å². The molecule has 2 aromatic carbocycles. The summed E-state index contributed by atoms with van der Waals surface area (Å²) < 4.78 is 2.26. The average molecular weight is 285 g/mol. The van der Waals surface area contributed by atoms with Gasteiger partial charge in [-0.25, -0.2) is 0 Å². The molecule has 1 aliphatic rings. The van der Waals surface area contributed by atoms with Gasteiger partial charge in [-0.1, -0.05) is 36.0 Å². The number of fused-ring (bicyclic) bond motifs is 4. The van der Waals surface area contributed by atoms with Gasteiger partial charge in [0.25, 0.3) is 0 Å². The number of hydrogen-bond donors (Lipinski definition) is 2. The van der Waals surface area contributed by atoms with E-state index in [1.807, 2.05) is 6.07 Å². The molecular formula is C15H11NOS2. The van der Waals surface area contributed by atoms with Crippen LogP contribution in [0.1, 0.15) is 5.56 Å². The molecule has 0 spiro atoms. The number of phenols is 1. The topological polar surface area (TPSA) is 32.3 Å². The van der Waals surface area contributed by atoms with Gasteiger partial charge in [0.1, 0.15) is 5.75 Å². The molecule has 3 aromatic rings. The minimum absolute atomic E-state index is 0.379. The smallest absolute Gasteiger partial charge is 0.133 e. The van der Waals surface area contributed by atoms with E-state index < -0.39 is 0 Å². The normalized spacial score (nSPS) is 13.5. The lowest BCUT2D eigenvalue weighted by Gasteiger charge is -2.05. The van der Waals surface area contributed by atoms with Crippen LogP contribution >= 0.6 is 23.1 Å². The van der Waals surface area contributed by atoms with Gasteiger partial charge < -0.3 is 10.4 Å². The van der Waals surface area contributed by atoms with Crippen LogP contribution in [0.25, 0.3) is 10.1 Å². The highest BCUT2D eigenvalue weighted by molar-refractivity contribution is 8.01. The van der Waals surface area contributed by atoms with Gasteiger partial charge in [-0.2, -0.15) is 0 Å². The standard InChI is InChI=1S/C15H11NOS2/c17-12-6-3-4-9-10-8-16-11-5-1-2-7-13(11)18-15(10)19-14(9)12/h1-7,16-17H,8H2. The molecule has 94 valence electrons. The van der Waals surface area contributed by atoms with E-state index in [-0.39, 0.29) is 0 Å². The molecule has 1 aromatic heterocycles. The van der Waals surface area contributed by atoms with Crippen LogP contribution in [-0.2, 0) is 6.54 Å². The van der Waals surface area contributed by atoms with Crippen molar-refractivity contribution in [1.82, 2.24) is 0 Å². The molecule has 2 N–H and O–H groups in total. The maximum Gasteiger partial charge on any atom is 0.133 e. The van der Waals surface area contributed by atoms with Crippen molar-refractivity contribution >= 4 is 38.9 Å². The van der Waals surface area contributed by atoms with Gasteiger partial charge in [0.05, 0.1) is 8.91 Å². The summed E-state index contributed by atoms with van der Waals surface area (Å²) in [5, 5.41) is 14.6. The largest absolute Gasteiger partial charge is 0.506 e. The molecule has 0 radical (unpaired) electrons. The number of aromatic hydroxyl groups is 1. The second kappa shape index (κ2) is 4.18. The molecule has 0 atom stereocenters. The summed E-state index contributed by atoms with van der Waals surface area (Å²) in [6.07, 6.45) is 0. The van der Waals surface area contributed by atoms with Crippen molar-refractivity contribution in [2.45, 2.75) is 15.6 Å². The molecule has 0 saturated carbocycles. The van der Waals surface area contributed by atoms with Crippen LogP contribution in [0.5, 0.6) is 5.75 Å². The van der Waals surface area contributed by atoms with E-state index in [4.69, 9.17) is 0 Å². The minimum Gasteiger partial charge on any atom is -0.506 e. The maximum atomic E-state index is 9.97. The number of nitrogens with one attached hydrogen (secondary N) is 1. The van der Waals surface area contributed by atoms with Crippen LogP contribution in [0.2, 0.25) is 0 Å². The molecule has 4 rings (SSSR count). The Labute approximate surface area is 119 Å². The average Bonchev–Trinajstić information content (AvgIpc) is 2.67. The van der Waals surface area contributed by atoms with Crippen LogP contribution in [0.15, 0.2) is 51.6 Å². The van der Waals surface area contributed by atoms with E-state index in [0.29, 0.717) is 5.75 Å². The molecule has 4 heteroatoms. The lowest BCUT2D eigenvalue weighted by Crippen LogP contribution is -1.97. The zero-order valence-electron chi connectivity index (χ0n) is 10.0. The van der Waals surface area contributed by atoms with Gasteiger partial charge in [-0.05, 0) is 18.2 Å². The zero-order chi connectivity index (χ0) is 12.8. The van der Waals surface area contributed by atoms with Gasteiger partial charge in [0.2, 0.25) is 0 Å². The highest BCUT2D eigenvalue weighted by atomic mass is 32.2. The van der Waals surface area contributed by atoms with Crippen molar-refractivity contribution in [1.29, 1.82) is 0 Å². The summed E-state index contributed by atoms with van der Waals surface area (Å²) in [6, 6.07) is 14.1. The Hall–Kier alpha value is -1.65. The summed E-state index contributed by atoms with van der Waals surface area (Å²) in [5.74, 6) is 0.379. The first-order valence-electron chi connectivity index (χ1n) is 6.07. The number of rotatable bonds is 0. The number of thiophene rings is 1. The molecule has 2 nitrogen and oxygen atoms in total. The summed E-state index contributed by atoms with van der Waals surface area (Å²) in [5.41, 5.74) is 2.47. The van der Waals surface area contributed by atoms with Crippen molar-refractivity contribution in [3.05, 3.63) is 48.0 Å². The van der Waals surface area contributed by atoms with E-state index in [2.05, 4.69) is 35.6 Å². The second-order valence-electron chi connectivity index (χ2n) is 4.47. The molecule has 0 amide bonds. The minimum atomic E-state index is 0.379. The fraction of sp³-hybridized carbons (Fsp3) is 0.0667. The molecular weight excluding hydrogens is 274 g/mol. The lowest BCUT2D eigenvalue weighted by molar-refractivity contribution is 0.482. The van der Waals surface area contributed by atoms with E-state index in [0.717, 1.165) is 16.6 Å². The Kier molecular flexibility index (Phi) is 2.47. The summed E-state index contributed by atoms with van der Waals surface area (Å²) in [4.78, 5) is 1.24. The van der Waals surface area contributed by atoms with E-state index in [9.17, 15) is 5.11 Å². The Morgan fingerprint density at radius 3 is 2.89 bits per heavy atom. The predicted molar refractivity (Wildman–Crippen MR) is 81.4 cm³/mol. The van der Waals surface area contributed by atoms with Gasteiger partial charge >= 0.3 is 0 Å². The van der Waals surface area contributed by atoms with Crippen molar-refractivity contribution in [2.75, 3.05) is 5.32 Å². The third kappa shape index (κ3) is 1.71. The van der Waals surface area contributed by atoms with Crippen molar-refractivity contribution in [2.24, 2.45) is 0 Å². The van der Waals surface area contributed by atoms with E-state index in [1.54, 1.807) is 29.2 Å². The van der Waals surface area contributed by atoms with Crippen LogP contribution in [0.3, 0.4) is 0 Å². The first-order valence-corrected chi connectivity index (χ1v) is 7.70. The summed E-state index contributed by atoms with van der Waals surface area (Å²) in [6.45, 7) is 0.808. The van der Waals surface area contributed by atoms with Crippen LogP contribution in [0.4, 0.5) is 5.69 Å². The maximum absolute atomic E-state index is 9.97. The monoisotopic (exact) mass is 285 g/mol. The fourth-order valence-electron chi connectivity index (χ4n) is 2.37. The van der Waals surface area contributed by atoms with Crippen LogP contribution in [-0.4, -0.2) is 5.11 Å². The highest BCUT2D eigenvalue weighted by Crippen LogP contribution is 2.47. The molecule has 0 fully saturated rings. The Morgan fingerprint density at radius 1 is 1.05 bits per heavy atom. The van der Waals surface area contributed by atoms with Crippen molar-refractivity contribution < 1.29 is 5.11 Å². The van der Waals surface area contributed by atoms with Gasteiger partial charge in [0, 0.05) is 28.1 Å². The molecule has 0 aliphatic carbocycles. The number of anilines is 1. The molecule has 2 heterocycles. The first-order chi connectivity index (χ1) is 9.33. The van der Waals surface area contributed by atoms with E-state index in [1.165, 1.54) is 20.4 Å². The van der Waals surface area contributed by atoms with Gasteiger partial charge in [-0.15, -0.1) is 11.3 Å². The summed E-state index contributed by atoms with van der Waals surface area (Å²) >= 11 is 3.46. The highest BCUT2D eigenvalue weighted by Gasteiger charge is 2.19. The van der Waals surface area contributed by atoms with Crippen LogP contribution in [0, 0.1) is 0 Å². The SMILES string of the molecule is Oc1cccc2c3c(sc12)Sc1ccccc1NC3.